The summed E-state index contributed by atoms with van der Waals surface area (Å²) in [5, 5.41) is 0. The lowest BCUT2D eigenvalue weighted by Gasteiger charge is -2.44. The van der Waals surface area contributed by atoms with Crippen molar-refractivity contribution >= 4 is 11.8 Å². The minimum atomic E-state index is -3.02. The summed E-state index contributed by atoms with van der Waals surface area (Å²) < 4.78 is 50.1. The lowest BCUT2D eigenvalue weighted by molar-refractivity contribution is -0.0494. The molecule has 34 heavy (non-hydrogen) atoms. The Bertz CT molecular complexity index is 1030. The number of rotatable bonds is 6. The Morgan fingerprint density at radius 2 is 1.94 bits per heavy atom. The molecule has 2 aromatic rings. The van der Waals surface area contributed by atoms with Crippen molar-refractivity contribution in [1.29, 1.82) is 0 Å². The van der Waals surface area contributed by atoms with Crippen LogP contribution < -0.4 is 15.4 Å². The molecule has 2 aromatic heterocycles. The fourth-order valence-corrected chi connectivity index (χ4v) is 4.90. The molecule has 11 heteroatoms. The van der Waals surface area contributed by atoms with Crippen LogP contribution >= 0.6 is 0 Å². The summed E-state index contributed by atoms with van der Waals surface area (Å²) in [7, 11) is 0. The number of nitrogen functional groups attached to an aromatic ring is 1. The number of pyridine rings is 1. The summed E-state index contributed by atoms with van der Waals surface area (Å²) in [6.07, 6.45) is 3.81. The molecule has 0 amide bonds. The van der Waals surface area contributed by atoms with E-state index in [1.54, 1.807) is 6.92 Å². The van der Waals surface area contributed by atoms with Gasteiger partial charge < -0.3 is 20.1 Å². The van der Waals surface area contributed by atoms with Gasteiger partial charge in [-0.05, 0) is 31.9 Å². The third kappa shape index (κ3) is 4.90. The predicted octanol–water partition coefficient (Wildman–Crippen LogP) is 3.24. The molecule has 5 rings (SSSR count). The van der Waals surface area contributed by atoms with Crippen molar-refractivity contribution in [1.82, 2.24) is 19.9 Å². The molecule has 0 spiro atoms. The molecule has 0 bridgehead atoms. The van der Waals surface area contributed by atoms with Crippen LogP contribution in [0.15, 0.2) is 18.3 Å². The quantitative estimate of drug-likeness (QED) is 0.677. The van der Waals surface area contributed by atoms with E-state index < -0.39 is 12.3 Å². The molecule has 3 fully saturated rings. The molecule has 1 atom stereocenters. The van der Waals surface area contributed by atoms with Gasteiger partial charge in [0.25, 0.3) is 0 Å². The molecule has 2 saturated heterocycles. The van der Waals surface area contributed by atoms with Gasteiger partial charge in [-0.15, -0.1) is 0 Å². The molecule has 2 aliphatic heterocycles. The topological polar surface area (TPSA) is 89.6 Å². The normalized spacial score (nSPS) is 27.7. The molecule has 184 valence electrons. The maximum atomic E-state index is 14.6. The van der Waals surface area contributed by atoms with E-state index in [0.717, 1.165) is 44.8 Å². The van der Waals surface area contributed by atoms with Gasteiger partial charge in [-0.2, -0.15) is 8.78 Å². The van der Waals surface area contributed by atoms with Crippen molar-refractivity contribution in [3.05, 3.63) is 24.0 Å². The summed E-state index contributed by atoms with van der Waals surface area (Å²) in [4.78, 5) is 17.8. The van der Waals surface area contributed by atoms with Crippen molar-refractivity contribution < 1.29 is 22.6 Å². The number of hydrogen-bond donors (Lipinski definition) is 1. The molecule has 1 saturated carbocycles. The Morgan fingerprint density at radius 1 is 1.18 bits per heavy atom. The van der Waals surface area contributed by atoms with Crippen LogP contribution in [0.3, 0.4) is 0 Å². The number of aromatic nitrogens is 3. The van der Waals surface area contributed by atoms with Crippen molar-refractivity contribution in [2.75, 3.05) is 50.0 Å². The first kappa shape index (κ1) is 23.1. The molecule has 0 aromatic carbocycles. The van der Waals surface area contributed by atoms with Gasteiger partial charge in [0.1, 0.15) is 5.67 Å². The number of nitrogens with two attached hydrogens (primary N) is 1. The van der Waals surface area contributed by atoms with Crippen molar-refractivity contribution in [3.8, 4) is 17.0 Å². The van der Waals surface area contributed by atoms with Crippen LogP contribution in [0.5, 0.6) is 5.75 Å². The van der Waals surface area contributed by atoms with E-state index in [1.165, 1.54) is 12.3 Å². The van der Waals surface area contributed by atoms with E-state index in [2.05, 4.69) is 19.6 Å². The lowest BCUT2D eigenvalue weighted by atomic mass is 9.77. The third-order valence-electron chi connectivity index (χ3n) is 6.93. The molecule has 1 aliphatic carbocycles. The van der Waals surface area contributed by atoms with Gasteiger partial charge in [0.15, 0.2) is 11.6 Å². The molecule has 4 heterocycles. The zero-order valence-corrected chi connectivity index (χ0v) is 19.1. The molecular weight excluding hydrogens is 449 g/mol. The monoisotopic (exact) mass is 478 g/mol. The van der Waals surface area contributed by atoms with Crippen LogP contribution in [0.1, 0.15) is 37.8 Å². The Labute approximate surface area is 196 Å². The second-order valence-electron chi connectivity index (χ2n) is 9.52. The van der Waals surface area contributed by atoms with E-state index in [4.69, 9.17) is 15.5 Å². The summed E-state index contributed by atoms with van der Waals surface area (Å²) >= 11 is 0. The standard InChI is InChI=1S/C23H29F3N6O2/c1-23(26)2-3-32(13-23)22-29-17(14-8-16(9-14)31-4-6-33-7-5-31)11-18(30-22)15-10-19(34-21(24)25)20(27)28-12-15/h10-12,14,16,21H,2-9,13H2,1H3,(H2,27,28)/t14-,16+,23-/m0/s1. The first-order chi connectivity index (χ1) is 16.3. The number of nitrogens with zero attached hydrogens (tertiary/aromatic N) is 5. The van der Waals surface area contributed by atoms with Gasteiger partial charge in [0, 0.05) is 55.5 Å². The van der Waals surface area contributed by atoms with Crippen molar-refractivity contribution in [2.24, 2.45) is 0 Å². The third-order valence-corrected chi connectivity index (χ3v) is 6.93. The van der Waals surface area contributed by atoms with E-state index in [0.29, 0.717) is 36.2 Å². The Hall–Kier alpha value is -2.66. The van der Waals surface area contributed by atoms with E-state index in [9.17, 15) is 13.2 Å². The fourth-order valence-electron chi connectivity index (χ4n) is 4.90. The van der Waals surface area contributed by atoms with Crippen LogP contribution in [0, 0.1) is 0 Å². The zero-order chi connectivity index (χ0) is 23.9. The SMILES string of the molecule is C[C@]1(F)CCN(c2nc(-c3cnc(N)c(OC(F)F)c3)cc([C@H]3C[C@@H](N4CCOCC4)C3)n2)C1. The van der Waals surface area contributed by atoms with E-state index in [-0.39, 0.29) is 24.0 Å². The molecular formula is C23H29F3N6O2. The average Bonchev–Trinajstić information content (AvgIpc) is 3.14. The second kappa shape index (κ2) is 9.18. The minimum Gasteiger partial charge on any atom is -0.431 e. The highest BCUT2D eigenvalue weighted by atomic mass is 19.3. The van der Waals surface area contributed by atoms with Gasteiger partial charge in [0.2, 0.25) is 5.95 Å². The average molecular weight is 479 g/mol. The summed E-state index contributed by atoms with van der Waals surface area (Å²) in [6, 6.07) is 3.76. The Morgan fingerprint density at radius 3 is 2.62 bits per heavy atom. The van der Waals surface area contributed by atoms with Crippen molar-refractivity contribution in [3.63, 3.8) is 0 Å². The largest absolute Gasteiger partial charge is 0.431 e. The van der Waals surface area contributed by atoms with Crippen LogP contribution in [-0.4, -0.2) is 77.6 Å². The fraction of sp³-hybridized carbons (Fsp3) is 0.609. The number of anilines is 2. The molecule has 0 unspecified atom stereocenters. The van der Waals surface area contributed by atoms with Gasteiger partial charge in [-0.1, -0.05) is 0 Å². The van der Waals surface area contributed by atoms with Crippen LogP contribution in [0.25, 0.3) is 11.3 Å². The van der Waals surface area contributed by atoms with Gasteiger partial charge in [-0.3, -0.25) is 4.90 Å². The highest BCUT2D eigenvalue weighted by Crippen LogP contribution is 2.41. The van der Waals surface area contributed by atoms with Gasteiger partial charge >= 0.3 is 6.61 Å². The molecule has 8 nitrogen and oxygen atoms in total. The number of halogens is 3. The lowest BCUT2D eigenvalue weighted by Crippen LogP contribution is -2.49. The summed E-state index contributed by atoms with van der Waals surface area (Å²) in [5.74, 6) is 0.351. The van der Waals surface area contributed by atoms with E-state index in [1.807, 2.05) is 11.0 Å². The number of ether oxygens (including phenoxy) is 2. The number of morpholine rings is 1. The highest BCUT2D eigenvalue weighted by molar-refractivity contribution is 5.65. The van der Waals surface area contributed by atoms with Crippen LogP contribution in [-0.2, 0) is 4.74 Å². The zero-order valence-electron chi connectivity index (χ0n) is 19.1. The van der Waals surface area contributed by atoms with Gasteiger partial charge in [0.05, 0.1) is 25.5 Å². The number of hydrogen-bond acceptors (Lipinski definition) is 8. The summed E-state index contributed by atoms with van der Waals surface area (Å²) in [6.45, 7) is 2.66. The first-order valence-corrected chi connectivity index (χ1v) is 11.6. The van der Waals surface area contributed by atoms with E-state index >= 15 is 0 Å². The smallest absolute Gasteiger partial charge is 0.387 e. The molecule has 0 radical (unpaired) electrons. The Balaban J connectivity index is 1.44. The first-order valence-electron chi connectivity index (χ1n) is 11.6. The second-order valence-corrected chi connectivity index (χ2v) is 9.52. The predicted molar refractivity (Wildman–Crippen MR) is 121 cm³/mol. The van der Waals surface area contributed by atoms with Crippen LogP contribution in [0.2, 0.25) is 0 Å². The highest BCUT2D eigenvalue weighted by Gasteiger charge is 2.38. The Kier molecular flexibility index (Phi) is 6.24. The minimum absolute atomic E-state index is 0.126. The number of alkyl halides is 3. The van der Waals surface area contributed by atoms with Gasteiger partial charge in [-0.25, -0.2) is 19.3 Å². The van der Waals surface area contributed by atoms with Crippen molar-refractivity contribution in [2.45, 2.75) is 50.4 Å². The molecule has 3 aliphatic rings. The molecule has 2 N–H and O–H groups in total. The van der Waals surface area contributed by atoms with Crippen LogP contribution in [0.4, 0.5) is 24.9 Å². The maximum Gasteiger partial charge on any atom is 0.387 e. The summed E-state index contributed by atoms with van der Waals surface area (Å²) in [5.41, 5.74) is 6.27. The maximum absolute atomic E-state index is 14.6.